The van der Waals surface area contributed by atoms with Gasteiger partial charge in [-0.1, -0.05) is 30.3 Å². The van der Waals surface area contributed by atoms with Crippen LogP contribution in [-0.2, 0) is 16.1 Å². The largest absolute Gasteiger partial charge is 0.481 e. The van der Waals surface area contributed by atoms with Crippen molar-refractivity contribution in [1.82, 2.24) is 5.32 Å². The molecule has 0 aliphatic heterocycles. The highest BCUT2D eigenvalue weighted by molar-refractivity contribution is 5.71. The number of rotatable bonds is 5. The van der Waals surface area contributed by atoms with E-state index in [1.807, 2.05) is 30.3 Å². The van der Waals surface area contributed by atoms with Gasteiger partial charge < -0.3 is 15.2 Å². The summed E-state index contributed by atoms with van der Waals surface area (Å²) in [7, 11) is 0. The van der Waals surface area contributed by atoms with E-state index in [1.54, 1.807) is 0 Å². The summed E-state index contributed by atoms with van der Waals surface area (Å²) in [5.41, 5.74) is -0.816. The highest BCUT2D eigenvalue weighted by Gasteiger charge is 2.42. The first-order valence-corrected chi connectivity index (χ1v) is 6.85. The van der Waals surface area contributed by atoms with Gasteiger partial charge in [-0.15, -0.1) is 0 Å². The molecule has 0 spiro atoms. The first-order chi connectivity index (χ1) is 9.98. The van der Waals surface area contributed by atoms with Crippen LogP contribution in [0.4, 0.5) is 9.18 Å². The van der Waals surface area contributed by atoms with Crippen LogP contribution >= 0.6 is 0 Å². The van der Waals surface area contributed by atoms with E-state index in [9.17, 15) is 14.0 Å². The lowest BCUT2D eigenvalue weighted by Gasteiger charge is -2.19. The molecule has 0 bridgehead atoms. The maximum Gasteiger partial charge on any atom is 0.407 e. The van der Waals surface area contributed by atoms with E-state index in [1.165, 1.54) is 0 Å². The summed E-state index contributed by atoms with van der Waals surface area (Å²) in [6, 6.07) is 9.15. The van der Waals surface area contributed by atoms with Gasteiger partial charge in [0.15, 0.2) is 0 Å². The zero-order valence-electron chi connectivity index (χ0n) is 11.5. The molecule has 0 radical (unpaired) electrons. The Kier molecular flexibility index (Phi) is 4.77. The summed E-state index contributed by atoms with van der Waals surface area (Å²) in [6.07, 6.45) is -0.328. The van der Waals surface area contributed by atoms with E-state index in [4.69, 9.17) is 9.84 Å². The second-order valence-corrected chi connectivity index (χ2v) is 5.34. The van der Waals surface area contributed by atoms with Crippen LogP contribution in [0.15, 0.2) is 30.3 Å². The van der Waals surface area contributed by atoms with Gasteiger partial charge in [0.05, 0.1) is 12.5 Å². The van der Waals surface area contributed by atoms with Crippen molar-refractivity contribution in [3.63, 3.8) is 0 Å². The van der Waals surface area contributed by atoms with E-state index in [0.29, 0.717) is 6.42 Å². The summed E-state index contributed by atoms with van der Waals surface area (Å²) in [6.45, 7) is -0.103. The molecule has 1 saturated carbocycles. The molecule has 1 aliphatic rings. The number of carboxylic acid groups (broad SMARTS) is 1. The van der Waals surface area contributed by atoms with E-state index in [0.717, 1.165) is 5.56 Å². The molecule has 1 amide bonds. The van der Waals surface area contributed by atoms with Crippen LogP contribution in [0.1, 0.15) is 24.8 Å². The van der Waals surface area contributed by atoms with Crippen molar-refractivity contribution in [2.75, 3.05) is 6.54 Å². The van der Waals surface area contributed by atoms with Crippen LogP contribution in [-0.4, -0.2) is 29.4 Å². The average Bonchev–Trinajstić information content (AvgIpc) is 2.87. The van der Waals surface area contributed by atoms with Crippen LogP contribution in [0.5, 0.6) is 0 Å². The third-order valence-corrected chi connectivity index (χ3v) is 3.66. The Labute approximate surface area is 122 Å². The SMILES string of the molecule is O=C(NC[C@@]1(F)CC[C@@H](C(=O)O)C1)OCc1ccccc1. The van der Waals surface area contributed by atoms with Gasteiger partial charge in [0.2, 0.25) is 0 Å². The lowest BCUT2D eigenvalue weighted by Crippen LogP contribution is -2.38. The summed E-state index contributed by atoms with van der Waals surface area (Å²) < 4.78 is 19.3. The second kappa shape index (κ2) is 6.56. The Morgan fingerprint density at radius 3 is 2.71 bits per heavy atom. The van der Waals surface area contributed by atoms with Crippen LogP contribution < -0.4 is 5.32 Å². The number of hydrogen-bond donors (Lipinski definition) is 2. The molecule has 1 aromatic carbocycles. The topological polar surface area (TPSA) is 75.6 Å². The van der Waals surface area contributed by atoms with Crippen LogP contribution in [0.3, 0.4) is 0 Å². The number of carboxylic acids is 1. The third-order valence-electron chi connectivity index (χ3n) is 3.66. The molecule has 1 fully saturated rings. The molecular weight excluding hydrogens is 277 g/mol. The predicted molar refractivity (Wildman–Crippen MR) is 73.4 cm³/mol. The molecule has 2 N–H and O–H groups in total. The van der Waals surface area contributed by atoms with Gasteiger partial charge in [-0.05, 0) is 24.8 Å². The van der Waals surface area contributed by atoms with Crippen molar-refractivity contribution < 1.29 is 23.8 Å². The molecule has 1 aromatic rings. The number of carbonyl (C=O) groups is 2. The first-order valence-electron chi connectivity index (χ1n) is 6.85. The molecule has 5 nitrogen and oxygen atoms in total. The number of benzene rings is 1. The monoisotopic (exact) mass is 295 g/mol. The summed E-state index contributed by atoms with van der Waals surface area (Å²) in [4.78, 5) is 22.3. The van der Waals surface area contributed by atoms with Crippen molar-refractivity contribution in [3.05, 3.63) is 35.9 Å². The Hall–Kier alpha value is -2.11. The average molecular weight is 295 g/mol. The van der Waals surface area contributed by atoms with Crippen molar-refractivity contribution in [2.45, 2.75) is 31.5 Å². The lowest BCUT2D eigenvalue weighted by atomic mass is 10.0. The minimum absolute atomic E-state index is 0.0682. The van der Waals surface area contributed by atoms with Gasteiger partial charge in [0, 0.05) is 0 Å². The van der Waals surface area contributed by atoms with Gasteiger partial charge in [0.25, 0.3) is 0 Å². The number of amides is 1. The molecule has 1 aliphatic carbocycles. The number of alkyl halides is 1. The maximum atomic E-state index is 14.3. The van der Waals surface area contributed by atoms with Crippen LogP contribution in [0.2, 0.25) is 0 Å². The lowest BCUT2D eigenvalue weighted by molar-refractivity contribution is -0.141. The Bertz CT molecular complexity index is 508. The van der Waals surface area contributed by atoms with Crippen molar-refractivity contribution in [3.8, 4) is 0 Å². The third kappa shape index (κ3) is 4.44. The van der Waals surface area contributed by atoms with Gasteiger partial charge in [-0.3, -0.25) is 4.79 Å². The van der Waals surface area contributed by atoms with Gasteiger partial charge in [-0.25, -0.2) is 9.18 Å². The second-order valence-electron chi connectivity index (χ2n) is 5.34. The number of carbonyl (C=O) groups excluding carboxylic acids is 1. The van der Waals surface area contributed by atoms with Crippen molar-refractivity contribution >= 4 is 12.1 Å². The zero-order valence-corrected chi connectivity index (χ0v) is 11.5. The van der Waals surface area contributed by atoms with E-state index < -0.39 is 23.6 Å². The molecule has 114 valence electrons. The molecule has 0 saturated heterocycles. The summed E-state index contributed by atoms with van der Waals surface area (Å²) in [5.74, 6) is -1.65. The standard InChI is InChI=1S/C15H18FNO4/c16-15(7-6-12(8-15)13(18)19)10-17-14(20)21-9-11-4-2-1-3-5-11/h1-5,12H,6-10H2,(H,17,20)(H,18,19)/t12-,15-/m1/s1. The highest BCUT2D eigenvalue weighted by Crippen LogP contribution is 2.37. The van der Waals surface area contributed by atoms with Crippen LogP contribution in [0, 0.1) is 5.92 Å². The van der Waals surface area contributed by atoms with Gasteiger partial charge >= 0.3 is 12.1 Å². The molecule has 2 atom stereocenters. The molecule has 0 unspecified atom stereocenters. The Morgan fingerprint density at radius 1 is 1.38 bits per heavy atom. The molecule has 21 heavy (non-hydrogen) atoms. The molecule has 0 heterocycles. The molecule has 0 aromatic heterocycles. The van der Waals surface area contributed by atoms with Crippen molar-refractivity contribution in [2.24, 2.45) is 5.92 Å². The summed E-state index contributed by atoms with van der Waals surface area (Å²) >= 11 is 0. The summed E-state index contributed by atoms with van der Waals surface area (Å²) in [5, 5.41) is 11.2. The molecule has 6 heteroatoms. The van der Waals surface area contributed by atoms with E-state index >= 15 is 0 Å². The number of ether oxygens (including phenoxy) is 1. The first kappa shape index (κ1) is 15.3. The molecule has 2 rings (SSSR count). The Morgan fingerprint density at radius 2 is 2.10 bits per heavy atom. The maximum absolute atomic E-state index is 14.3. The van der Waals surface area contributed by atoms with E-state index in [-0.39, 0.29) is 26.0 Å². The van der Waals surface area contributed by atoms with E-state index in [2.05, 4.69) is 5.32 Å². The quantitative estimate of drug-likeness (QED) is 0.875. The fourth-order valence-corrected chi connectivity index (χ4v) is 2.45. The predicted octanol–water partition coefficient (Wildman–Crippen LogP) is 2.51. The molecular formula is C15H18FNO4. The highest BCUT2D eigenvalue weighted by atomic mass is 19.1. The van der Waals surface area contributed by atoms with Gasteiger partial charge in [0.1, 0.15) is 12.3 Å². The minimum Gasteiger partial charge on any atom is -0.481 e. The fraction of sp³-hybridized carbons (Fsp3) is 0.467. The number of hydrogen-bond acceptors (Lipinski definition) is 3. The number of aliphatic carboxylic acids is 1. The Balaban J connectivity index is 1.73. The normalized spacial score (nSPS) is 24.5. The number of nitrogens with one attached hydrogen (secondary N) is 1. The number of alkyl carbamates (subject to hydrolysis) is 1. The fourth-order valence-electron chi connectivity index (χ4n) is 2.45. The van der Waals surface area contributed by atoms with Gasteiger partial charge in [-0.2, -0.15) is 0 Å². The smallest absolute Gasteiger partial charge is 0.407 e. The zero-order chi connectivity index (χ0) is 15.3. The minimum atomic E-state index is -1.66. The number of halogens is 1. The van der Waals surface area contributed by atoms with Crippen molar-refractivity contribution in [1.29, 1.82) is 0 Å². The van der Waals surface area contributed by atoms with Crippen LogP contribution in [0.25, 0.3) is 0 Å².